The molecule has 0 saturated carbocycles. The van der Waals surface area contributed by atoms with Crippen molar-refractivity contribution >= 4 is 27.3 Å². The Labute approximate surface area is 116 Å². The Morgan fingerprint density at radius 1 is 1.53 bits per heavy atom. The summed E-state index contributed by atoms with van der Waals surface area (Å²) in [6.45, 7) is 4.23. The van der Waals surface area contributed by atoms with Gasteiger partial charge in [0.2, 0.25) is 5.91 Å². The summed E-state index contributed by atoms with van der Waals surface area (Å²) in [5.74, 6) is -0.202. The second kappa shape index (κ2) is 5.95. The van der Waals surface area contributed by atoms with Gasteiger partial charge in [-0.3, -0.25) is 4.79 Å². The fraction of sp³-hybridized carbons (Fsp3) is 0.600. The summed E-state index contributed by atoms with van der Waals surface area (Å²) in [6, 6.07) is 0. The second-order valence-corrected chi connectivity index (χ2v) is 7.38. The van der Waals surface area contributed by atoms with E-state index in [2.05, 4.69) is 15.0 Å². The van der Waals surface area contributed by atoms with Crippen molar-refractivity contribution in [2.45, 2.75) is 11.1 Å². The molecule has 2 rings (SSSR count). The summed E-state index contributed by atoms with van der Waals surface area (Å²) >= 11 is 1.09. The van der Waals surface area contributed by atoms with Gasteiger partial charge in [-0.2, -0.15) is 0 Å². The molecule has 7 nitrogen and oxygen atoms in total. The summed E-state index contributed by atoms with van der Waals surface area (Å²) in [5.41, 5.74) is 0. The van der Waals surface area contributed by atoms with Crippen molar-refractivity contribution in [2.24, 2.45) is 0 Å². The fourth-order valence-electron chi connectivity index (χ4n) is 1.72. The zero-order valence-electron chi connectivity index (χ0n) is 10.5. The van der Waals surface area contributed by atoms with Gasteiger partial charge in [0.1, 0.15) is 0 Å². The number of carbonyl (C=O) groups is 1. The lowest BCUT2D eigenvalue weighted by Crippen LogP contribution is -2.49. The Bertz CT molecular complexity index is 549. The number of amides is 1. The topological polar surface area (TPSA) is 91.4 Å². The van der Waals surface area contributed by atoms with Crippen molar-refractivity contribution in [3.63, 3.8) is 0 Å². The van der Waals surface area contributed by atoms with Crippen molar-refractivity contribution in [1.82, 2.24) is 19.9 Å². The van der Waals surface area contributed by atoms with Crippen LogP contribution >= 0.6 is 11.3 Å². The van der Waals surface area contributed by atoms with Crippen molar-refractivity contribution in [3.05, 3.63) is 11.2 Å². The number of rotatable bonds is 4. The van der Waals surface area contributed by atoms with E-state index < -0.39 is 10.0 Å². The molecule has 1 amide bonds. The van der Waals surface area contributed by atoms with Gasteiger partial charge in [0.25, 0.3) is 10.0 Å². The van der Waals surface area contributed by atoms with Crippen LogP contribution in [0.3, 0.4) is 0 Å². The summed E-state index contributed by atoms with van der Waals surface area (Å²) in [6.07, 6.45) is 1.30. The van der Waals surface area contributed by atoms with E-state index in [0.717, 1.165) is 24.4 Å². The van der Waals surface area contributed by atoms with E-state index in [1.807, 2.05) is 0 Å². The van der Waals surface area contributed by atoms with Crippen molar-refractivity contribution in [1.29, 1.82) is 0 Å². The van der Waals surface area contributed by atoms with E-state index >= 15 is 0 Å². The largest absolute Gasteiger partial charge is 0.339 e. The van der Waals surface area contributed by atoms with Crippen LogP contribution in [-0.2, 0) is 14.8 Å². The first-order valence-corrected chi connectivity index (χ1v) is 8.19. The molecule has 0 radical (unpaired) electrons. The number of nitrogens with zero attached hydrogens (tertiary/aromatic N) is 2. The number of nitrogens with one attached hydrogen (secondary N) is 2. The van der Waals surface area contributed by atoms with Gasteiger partial charge in [-0.05, 0) is 6.92 Å². The van der Waals surface area contributed by atoms with Gasteiger partial charge in [-0.1, -0.05) is 0 Å². The highest BCUT2D eigenvalue weighted by Gasteiger charge is 2.21. The number of thiazole rings is 1. The second-order valence-electron chi connectivity index (χ2n) is 4.15. The molecule has 0 atom stereocenters. The molecule has 0 unspecified atom stereocenters. The predicted octanol–water partition coefficient (Wildman–Crippen LogP) is -0.838. The highest BCUT2D eigenvalue weighted by Crippen LogP contribution is 2.17. The first-order chi connectivity index (χ1) is 8.99. The van der Waals surface area contributed by atoms with Crippen LogP contribution in [0.15, 0.2) is 10.4 Å². The Balaban J connectivity index is 1.92. The number of carbonyl (C=O) groups excluding carboxylic acids is 1. The molecule has 106 valence electrons. The summed E-state index contributed by atoms with van der Waals surface area (Å²) in [5, 5.41) is 3.81. The van der Waals surface area contributed by atoms with E-state index in [-0.39, 0.29) is 16.7 Å². The lowest BCUT2D eigenvalue weighted by molar-refractivity contribution is -0.130. The first-order valence-electron chi connectivity index (χ1n) is 5.89. The summed E-state index contributed by atoms with van der Waals surface area (Å²) in [7, 11) is -3.63. The predicted molar refractivity (Wildman–Crippen MR) is 71.5 cm³/mol. The van der Waals surface area contributed by atoms with Crippen molar-refractivity contribution in [3.8, 4) is 0 Å². The molecule has 1 aromatic heterocycles. The number of hydrogen-bond donors (Lipinski definition) is 2. The zero-order valence-corrected chi connectivity index (χ0v) is 12.2. The molecule has 19 heavy (non-hydrogen) atoms. The van der Waals surface area contributed by atoms with Gasteiger partial charge in [-0.25, -0.2) is 18.1 Å². The van der Waals surface area contributed by atoms with Gasteiger partial charge >= 0.3 is 0 Å². The molecule has 1 aliphatic heterocycles. The van der Waals surface area contributed by atoms with Gasteiger partial charge in [0.15, 0.2) is 4.21 Å². The minimum absolute atomic E-state index is 0.137. The number of hydrogen-bond acceptors (Lipinski definition) is 6. The molecule has 2 heterocycles. The molecule has 1 aliphatic rings. The molecule has 0 bridgehead atoms. The molecule has 1 saturated heterocycles. The summed E-state index contributed by atoms with van der Waals surface area (Å²) in [4.78, 5) is 17.4. The fourth-order valence-corrected chi connectivity index (χ4v) is 3.85. The minimum atomic E-state index is -3.63. The van der Waals surface area contributed by atoms with E-state index in [1.54, 1.807) is 11.8 Å². The average Bonchev–Trinajstić information content (AvgIpc) is 2.85. The Morgan fingerprint density at radius 2 is 2.21 bits per heavy atom. The van der Waals surface area contributed by atoms with Crippen LogP contribution in [-0.4, -0.2) is 56.9 Å². The van der Waals surface area contributed by atoms with Gasteiger partial charge in [0, 0.05) is 26.2 Å². The maximum Gasteiger partial charge on any atom is 0.252 e. The Kier molecular flexibility index (Phi) is 4.50. The van der Waals surface area contributed by atoms with Crippen LogP contribution in [0.25, 0.3) is 0 Å². The third-order valence-corrected chi connectivity index (χ3v) is 5.52. The molecular formula is C10H16N4O3S2. The van der Waals surface area contributed by atoms with Gasteiger partial charge in [-0.15, -0.1) is 11.3 Å². The van der Waals surface area contributed by atoms with Crippen LogP contribution in [0.5, 0.6) is 0 Å². The average molecular weight is 304 g/mol. The third-order valence-electron chi connectivity index (χ3n) is 2.75. The number of aryl methyl sites for hydroxylation is 1. The smallest absolute Gasteiger partial charge is 0.252 e. The molecule has 0 aromatic carbocycles. The monoisotopic (exact) mass is 304 g/mol. The van der Waals surface area contributed by atoms with Crippen molar-refractivity contribution in [2.75, 3.05) is 32.7 Å². The SMILES string of the molecule is Cc1ncc(S(=O)(=O)NCC(=O)N2CCNCC2)s1. The quantitative estimate of drug-likeness (QED) is 0.757. The van der Waals surface area contributed by atoms with E-state index in [1.165, 1.54) is 6.20 Å². The number of piperazine rings is 1. The maximum atomic E-state index is 11.9. The first kappa shape index (κ1) is 14.4. The molecule has 2 N–H and O–H groups in total. The van der Waals surface area contributed by atoms with Crippen LogP contribution < -0.4 is 10.0 Å². The summed E-state index contributed by atoms with van der Waals surface area (Å²) < 4.78 is 26.3. The van der Waals surface area contributed by atoms with Crippen molar-refractivity contribution < 1.29 is 13.2 Å². The van der Waals surface area contributed by atoms with Crippen LogP contribution in [0.4, 0.5) is 0 Å². The van der Waals surface area contributed by atoms with E-state index in [4.69, 9.17) is 0 Å². The standard InChI is InChI=1S/C10H16N4O3S2/c1-8-12-7-10(18-8)19(16,17)13-6-9(15)14-4-2-11-3-5-14/h7,11,13H,2-6H2,1H3. The minimum Gasteiger partial charge on any atom is -0.339 e. The highest BCUT2D eigenvalue weighted by atomic mass is 32.2. The van der Waals surface area contributed by atoms with Gasteiger partial charge in [0.05, 0.1) is 17.7 Å². The molecular weight excluding hydrogens is 288 g/mol. The van der Waals surface area contributed by atoms with Gasteiger partial charge < -0.3 is 10.2 Å². The van der Waals surface area contributed by atoms with Crippen LogP contribution in [0.1, 0.15) is 5.01 Å². The molecule has 0 aliphatic carbocycles. The normalized spacial score (nSPS) is 16.6. The zero-order chi connectivity index (χ0) is 13.9. The number of aromatic nitrogens is 1. The highest BCUT2D eigenvalue weighted by molar-refractivity contribution is 7.91. The van der Waals surface area contributed by atoms with E-state index in [9.17, 15) is 13.2 Å². The number of sulfonamides is 1. The Morgan fingerprint density at radius 3 is 2.79 bits per heavy atom. The molecule has 1 fully saturated rings. The van der Waals surface area contributed by atoms with Crippen LogP contribution in [0.2, 0.25) is 0 Å². The lowest BCUT2D eigenvalue weighted by atomic mass is 10.3. The lowest BCUT2D eigenvalue weighted by Gasteiger charge is -2.27. The van der Waals surface area contributed by atoms with Crippen LogP contribution in [0, 0.1) is 6.92 Å². The Hall–Kier alpha value is -1.03. The molecule has 9 heteroatoms. The van der Waals surface area contributed by atoms with E-state index in [0.29, 0.717) is 18.1 Å². The third kappa shape index (κ3) is 3.72. The molecule has 1 aromatic rings. The molecule has 0 spiro atoms. The maximum absolute atomic E-state index is 11.9.